The number of rotatable bonds is 7. The lowest BCUT2D eigenvalue weighted by molar-refractivity contribution is -0.149. The number of aliphatic hydroxyl groups is 1. The van der Waals surface area contributed by atoms with E-state index in [9.17, 15) is 9.90 Å². The van der Waals surface area contributed by atoms with Crippen LogP contribution in [0.15, 0.2) is 11.6 Å². The molecule has 2 unspecified atom stereocenters. The van der Waals surface area contributed by atoms with Crippen molar-refractivity contribution in [2.75, 3.05) is 0 Å². The summed E-state index contributed by atoms with van der Waals surface area (Å²) in [5.74, 6) is -0.353. The molecule has 0 aromatic carbocycles. The summed E-state index contributed by atoms with van der Waals surface area (Å²) >= 11 is 0. The number of hydrogen-bond acceptors (Lipinski definition) is 3. The summed E-state index contributed by atoms with van der Waals surface area (Å²) in [5.41, 5.74) is 0.908. The maximum atomic E-state index is 11.4. The minimum atomic E-state index is -0.542. The van der Waals surface area contributed by atoms with Crippen molar-refractivity contribution in [2.45, 2.75) is 65.6 Å². The maximum absolute atomic E-state index is 11.4. The minimum absolute atomic E-state index is 0.353. The topological polar surface area (TPSA) is 46.5 Å². The highest BCUT2D eigenvalue weighted by atomic mass is 16.6. The molecule has 0 fully saturated rings. The van der Waals surface area contributed by atoms with E-state index >= 15 is 0 Å². The highest BCUT2D eigenvalue weighted by molar-refractivity contribution is 5.82. The first-order chi connectivity index (χ1) is 7.51. The van der Waals surface area contributed by atoms with Gasteiger partial charge < -0.3 is 9.84 Å². The lowest BCUT2D eigenvalue weighted by Crippen LogP contribution is -2.30. The van der Waals surface area contributed by atoms with E-state index in [-0.39, 0.29) is 12.1 Å². The fourth-order valence-corrected chi connectivity index (χ4v) is 1.51. The van der Waals surface area contributed by atoms with Crippen LogP contribution in [-0.4, -0.2) is 23.3 Å². The Morgan fingerprint density at radius 2 is 1.81 bits per heavy atom. The zero-order valence-corrected chi connectivity index (χ0v) is 10.8. The lowest BCUT2D eigenvalue weighted by Gasteiger charge is -2.21. The van der Waals surface area contributed by atoms with Crippen LogP contribution < -0.4 is 0 Å². The molecule has 0 aliphatic rings. The van der Waals surface area contributed by atoms with Gasteiger partial charge in [0.05, 0.1) is 6.10 Å². The zero-order valence-electron chi connectivity index (χ0n) is 10.8. The van der Waals surface area contributed by atoms with Crippen LogP contribution in [0.2, 0.25) is 0 Å². The fraction of sp³-hybridized carbons (Fsp3) is 0.769. The molecule has 0 rings (SSSR count). The van der Waals surface area contributed by atoms with Crippen molar-refractivity contribution in [2.24, 2.45) is 0 Å². The van der Waals surface area contributed by atoms with E-state index in [2.05, 4.69) is 0 Å². The van der Waals surface area contributed by atoms with E-state index in [0.29, 0.717) is 12.8 Å². The van der Waals surface area contributed by atoms with Gasteiger partial charge in [0, 0.05) is 6.08 Å². The minimum Gasteiger partial charge on any atom is -0.456 e. The molecule has 0 amide bonds. The average molecular weight is 228 g/mol. The standard InChI is InChI=1S/C13H24O3/c1-5-7-11(14)12(8-6-2)16-13(15)9-10(3)4/h9,11-12,14H,5-8H2,1-4H3. The van der Waals surface area contributed by atoms with E-state index in [0.717, 1.165) is 18.4 Å². The summed E-state index contributed by atoms with van der Waals surface area (Å²) in [4.78, 5) is 11.4. The first-order valence-corrected chi connectivity index (χ1v) is 6.04. The van der Waals surface area contributed by atoms with Crippen LogP contribution in [0.4, 0.5) is 0 Å². The second kappa shape index (κ2) is 8.34. The summed E-state index contributed by atoms with van der Waals surface area (Å²) in [5, 5.41) is 9.83. The van der Waals surface area contributed by atoms with Gasteiger partial charge in [0.15, 0.2) is 0 Å². The Hall–Kier alpha value is -0.830. The molecule has 1 N–H and O–H groups in total. The van der Waals surface area contributed by atoms with Crippen LogP contribution in [0.5, 0.6) is 0 Å². The molecule has 0 heterocycles. The first-order valence-electron chi connectivity index (χ1n) is 6.04. The quantitative estimate of drug-likeness (QED) is 0.538. The lowest BCUT2D eigenvalue weighted by atomic mass is 10.0. The Morgan fingerprint density at radius 3 is 2.25 bits per heavy atom. The van der Waals surface area contributed by atoms with Crippen LogP contribution in [-0.2, 0) is 9.53 Å². The number of hydrogen-bond donors (Lipinski definition) is 1. The van der Waals surface area contributed by atoms with Crippen molar-refractivity contribution in [1.29, 1.82) is 0 Å². The molecular weight excluding hydrogens is 204 g/mol. The molecule has 0 aliphatic carbocycles. The SMILES string of the molecule is CCCC(O)C(CCC)OC(=O)C=C(C)C. The van der Waals surface area contributed by atoms with Gasteiger partial charge in [-0.25, -0.2) is 4.79 Å². The summed E-state index contributed by atoms with van der Waals surface area (Å²) in [6.07, 6.45) is 3.72. The van der Waals surface area contributed by atoms with Gasteiger partial charge in [-0.05, 0) is 26.7 Å². The third-order valence-electron chi connectivity index (χ3n) is 2.26. The first kappa shape index (κ1) is 15.2. The number of allylic oxidation sites excluding steroid dienone is 1. The van der Waals surface area contributed by atoms with E-state index in [1.165, 1.54) is 6.08 Å². The van der Waals surface area contributed by atoms with Crippen molar-refractivity contribution in [3.63, 3.8) is 0 Å². The van der Waals surface area contributed by atoms with Gasteiger partial charge in [-0.3, -0.25) is 0 Å². The summed E-state index contributed by atoms with van der Waals surface area (Å²) in [6.45, 7) is 7.71. The van der Waals surface area contributed by atoms with Crippen molar-refractivity contribution >= 4 is 5.97 Å². The highest BCUT2D eigenvalue weighted by Gasteiger charge is 2.20. The summed E-state index contributed by atoms with van der Waals surface area (Å²) < 4.78 is 5.25. The van der Waals surface area contributed by atoms with E-state index < -0.39 is 6.10 Å². The van der Waals surface area contributed by atoms with Gasteiger partial charge in [0.2, 0.25) is 0 Å². The van der Waals surface area contributed by atoms with Crippen LogP contribution in [0, 0.1) is 0 Å². The fourth-order valence-electron chi connectivity index (χ4n) is 1.51. The monoisotopic (exact) mass is 228 g/mol. The van der Waals surface area contributed by atoms with Crippen molar-refractivity contribution in [3.05, 3.63) is 11.6 Å². The van der Waals surface area contributed by atoms with Gasteiger partial charge in [0.25, 0.3) is 0 Å². The Labute approximate surface area is 98.5 Å². The van der Waals surface area contributed by atoms with Gasteiger partial charge >= 0.3 is 5.97 Å². The Kier molecular flexibility index (Phi) is 7.90. The Bertz CT molecular complexity index is 229. The largest absolute Gasteiger partial charge is 0.456 e. The molecule has 0 aliphatic heterocycles. The second-order valence-electron chi connectivity index (χ2n) is 4.34. The molecular formula is C13H24O3. The Morgan fingerprint density at radius 1 is 1.25 bits per heavy atom. The molecule has 3 heteroatoms. The average Bonchev–Trinajstić information content (AvgIpc) is 2.16. The number of carbonyl (C=O) groups excluding carboxylic acids is 1. The molecule has 0 aromatic rings. The highest BCUT2D eigenvalue weighted by Crippen LogP contribution is 2.13. The summed E-state index contributed by atoms with van der Waals surface area (Å²) in [7, 11) is 0. The summed E-state index contributed by atoms with van der Waals surface area (Å²) in [6, 6.07) is 0. The number of carbonyl (C=O) groups is 1. The molecule has 16 heavy (non-hydrogen) atoms. The molecule has 0 saturated heterocycles. The number of esters is 1. The van der Waals surface area contributed by atoms with E-state index in [1.807, 2.05) is 27.7 Å². The van der Waals surface area contributed by atoms with Crippen molar-refractivity contribution in [1.82, 2.24) is 0 Å². The molecule has 0 aromatic heterocycles. The van der Waals surface area contributed by atoms with Gasteiger partial charge in [-0.15, -0.1) is 0 Å². The zero-order chi connectivity index (χ0) is 12.6. The van der Waals surface area contributed by atoms with Crippen LogP contribution in [0.25, 0.3) is 0 Å². The number of aliphatic hydroxyl groups excluding tert-OH is 1. The third kappa shape index (κ3) is 6.62. The molecule has 3 nitrogen and oxygen atoms in total. The molecule has 2 atom stereocenters. The smallest absolute Gasteiger partial charge is 0.331 e. The van der Waals surface area contributed by atoms with Gasteiger partial charge in [0.1, 0.15) is 6.10 Å². The van der Waals surface area contributed by atoms with Crippen LogP contribution in [0.3, 0.4) is 0 Å². The molecule has 0 bridgehead atoms. The predicted molar refractivity (Wildman–Crippen MR) is 65.1 cm³/mol. The van der Waals surface area contributed by atoms with Crippen LogP contribution >= 0.6 is 0 Å². The van der Waals surface area contributed by atoms with E-state index in [1.54, 1.807) is 0 Å². The van der Waals surface area contributed by atoms with Gasteiger partial charge in [-0.2, -0.15) is 0 Å². The molecule has 0 spiro atoms. The molecule has 94 valence electrons. The molecule has 0 saturated carbocycles. The van der Waals surface area contributed by atoms with E-state index in [4.69, 9.17) is 4.74 Å². The predicted octanol–water partition coefficient (Wildman–Crippen LogP) is 2.83. The normalized spacial score (nSPS) is 14.1. The third-order valence-corrected chi connectivity index (χ3v) is 2.26. The maximum Gasteiger partial charge on any atom is 0.331 e. The molecule has 0 radical (unpaired) electrons. The number of ether oxygens (including phenoxy) is 1. The van der Waals surface area contributed by atoms with Crippen LogP contribution in [0.1, 0.15) is 53.4 Å². The van der Waals surface area contributed by atoms with Crippen molar-refractivity contribution < 1.29 is 14.6 Å². The van der Waals surface area contributed by atoms with Crippen molar-refractivity contribution in [3.8, 4) is 0 Å². The van der Waals surface area contributed by atoms with Gasteiger partial charge in [-0.1, -0.05) is 32.3 Å². The second-order valence-corrected chi connectivity index (χ2v) is 4.34. The Balaban J connectivity index is 4.32.